The van der Waals surface area contributed by atoms with E-state index in [0.29, 0.717) is 41.8 Å². The van der Waals surface area contributed by atoms with E-state index in [0.717, 1.165) is 37.2 Å². The standard InChI is InChI=1S/C30H35Cl2N3O4/c1-3-25(19-34-11-13-38-14-12-34)35-28(20-7-9-22(31)10-8-20)26(21-5-4-6-23(32)15-21)18-30(2,29(35)37)17-24-16-27(36)39-33-24/h4-10,15,25-26,28H,3,11-14,16-19H2,1-2H3/t25-,26+,28+,30-/m0/s1. The summed E-state index contributed by atoms with van der Waals surface area (Å²) in [6, 6.07) is 15.5. The van der Waals surface area contributed by atoms with Crippen LogP contribution in [0.15, 0.2) is 53.7 Å². The molecule has 0 N–H and O–H groups in total. The Bertz CT molecular complexity index is 1230. The highest BCUT2D eigenvalue weighted by Gasteiger charge is 2.52. The van der Waals surface area contributed by atoms with Crippen molar-refractivity contribution in [2.45, 2.75) is 57.5 Å². The van der Waals surface area contributed by atoms with Crippen LogP contribution in [-0.4, -0.2) is 66.3 Å². The summed E-state index contributed by atoms with van der Waals surface area (Å²) in [5.74, 6) is -0.342. The van der Waals surface area contributed by atoms with Crippen molar-refractivity contribution in [1.29, 1.82) is 0 Å². The lowest BCUT2D eigenvalue weighted by atomic mass is 9.66. The summed E-state index contributed by atoms with van der Waals surface area (Å²) in [6.45, 7) is 7.99. The highest BCUT2D eigenvalue weighted by molar-refractivity contribution is 6.30. The number of carbonyl (C=O) groups is 2. The third-order valence-corrected chi connectivity index (χ3v) is 8.73. The maximum atomic E-state index is 14.7. The smallest absolute Gasteiger partial charge is 0.340 e. The Morgan fingerprint density at radius 1 is 1.05 bits per heavy atom. The van der Waals surface area contributed by atoms with Gasteiger partial charge in [0.2, 0.25) is 5.91 Å². The Morgan fingerprint density at radius 3 is 2.44 bits per heavy atom. The van der Waals surface area contributed by atoms with Crippen LogP contribution in [0.1, 0.15) is 62.6 Å². The lowest BCUT2D eigenvalue weighted by molar-refractivity contribution is -0.155. The Hall–Kier alpha value is -2.45. The van der Waals surface area contributed by atoms with Gasteiger partial charge in [0.1, 0.15) is 0 Å². The molecule has 39 heavy (non-hydrogen) atoms. The molecule has 0 aromatic heterocycles. The minimum atomic E-state index is -0.777. The second kappa shape index (κ2) is 12.0. The monoisotopic (exact) mass is 571 g/mol. The van der Waals surface area contributed by atoms with Gasteiger partial charge in [-0.2, -0.15) is 0 Å². The van der Waals surface area contributed by atoms with Crippen LogP contribution in [0, 0.1) is 5.41 Å². The van der Waals surface area contributed by atoms with Crippen LogP contribution in [0.4, 0.5) is 0 Å². The summed E-state index contributed by atoms with van der Waals surface area (Å²) < 4.78 is 5.59. The SMILES string of the molecule is CC[C@@H](CN1CCOCC1)N1C(=O)[C@@](C)(CC2=NOC(=O)C2)C[C@H](c2cccc(Cl)c2)[C@H]1c1ccc(Cl)cc1. The molecule has 3 heterocycles. The molecule has 0 radical (unpaired) electrons. The van der Waals surface area contributed by atoms with Gasteiger partial charge in [-0.1, -0.05) is 66.5 Å². The number of nitrogens with zero attached hydrogens (tertiary/aromatic N) is 3. The molecule has 9 heteroatoms. The lowest BCUT2D eigenvalue weighted by Gasteiger charge is -2.53. The second-order valence-electron chi connectivity index (χ2n) is 11.1. The number of amides is 1. The van der Waals surface area contributed by atoms with E-state index in [1.165, 1.54) is 0 Å². The van der Waals surface area contributed by atoms with E-state index in [2.05, 4.69) is 27.9 Å². The third kappa shape index (κ3) is 6.17. The number of hydrogen-bond acceptors (Lipinski definition) is 6. The number of hydrogen-bond donors (Lipinski definition) is 0. The molecular weight excluding hydrogens is 537 g/mol. The van der Waals surface area contributed by atoms with Crippen LogP contribution < -0.4 is 0 Å². The number of oxime groups is 1. The highest BCUT2D eigenvalue weighted by atomic mass is 35.5. The van der Waals surface area contributed by atoms with Crippen LogP contribution in [0.3, 0.4) is 0 Å². The maximum Gasteiger partial charge on any atom is 0.340 e. The van der Waals surface area contributed by atoms with Gasteiger partial charge in [0, 0.05) is 48.1 Å². The average Bonchev–Trinajstić information content (AvgIpc) is 3.34. The first kappa shape index (κ1) is 28.1. The molecule has 208 valence electrons. The van der Waals surface area contributed by atoms with Crippen molar-refractivity contribution in [2.75, 3.05) is 32.8 Å². The summed E-state index contributed by atoms with van der Waals surface area (Å²) in [5, 5.41) is 5.32. The van der Waals surface area contributed by atoms with Crippen molar-refractivity contribution in [3.05, 3.63) is 69.7 Å². The first-order chi connectivity index (χ1) is 18.8. The first-order valence-electron chi connectivity index (χ1n) is 13.7. The molecule has 2 saturated heterocycles. The van der Waals surface area contributed by atoms with Crippen molar-refractivity contribution in [3.8, 4) is 0 Å². The molecule has 3 aliphatic heterocycles. The molecule has 7 nitrogen and oxygen atoms in total. The van der Waals surface area contributed by atoms with Gasteiger partial charge < -0.3 is 14.5 Å². The number of carbonyl (C=O) groups excluding carboxylic acids is 2. The molecule has 5 rings (SSSR count). The van der Waals surface area contributed by atoms with Crippen LogP contribution in [-0.2, 0) is 19.2 Å². The van der Waals surface area contributed by atoms with Gasteiger partial charge in [-0.05, 0) is 48.2 Å². The van der Waals surface area contributed by atoms with Gasteiger partial charge in [-0.3, -0.25) is 9.69 Å². The summed E-state index contributed by atoms with van der Waals surface area (Å²) >= 11 is 12.8. The quantitative estimate of drug-likeness (QED) is 0.371. The Labute approximate surface area is 240 Å². The van der Waals surface area contributed by atoms with Crippen LogP contribution >= 0.6 is 23.2 Å². The lowest BCUT2D eigenvalue weighted by Crippen LogP contribution is -2.58. The van der Waals surface area contributed by atoms with Crippen molar-refractivity contribution in [3.63, 3.8) is 0 Å². The summed E-state index contributed by atoms with van der Waals surface area (Å²) in [6.07, 6.45) is 1.87. The minimum absolute atomic E-state index is 0.0269. The van der Waals surface area contributed by atoms with Gasteiger partial charge in [-0.15, -0.1) is 0 Å². The number of piperidine rings is 1. The van der Waals surface area contributed by atoms with E-state index in [1.807, 2.05) is 49.4 Å². The zero-order valence-corrected chi connectivity index (χ0v) is 24.0. The highest BCUT2D eigenvalue weighted by Crippen LogP contribution is 2.52. The van der Waals surface area contributed by atoms with E-state index >= 15 is 0 Å². The van der Waals surface area contributed by atoms with Crippen molar-refractivity contribution >= 4 is 40.8 Å². The number of ether oxygens (including phenoxy) is 1. The molecule has 0 aliphatic carbocycles. The van der Waals surface area contributed by atoms with Gasteiger partial charge >= 0.3 is 5.97 Å². The van der Waals surface area contributed by atoms with E-state index in [-0.39, 0.29) is 36.3 Å². The summed E-state index contributed by atoms with van der Waals surface area (Å²) in [5.41, 5.74) is 1.96. The fraction of sp³-hybridized carbons (Fsp3) is 0.500. The Kier molecular flexibility index (Phi) is 8.62. The van der Waals surface area contributed by atoms with Crippen LogP contribution in [0.25, 0.3) is 0 Å². The van der Waals surface area contributed by atoms with Crippen molar-refractivity contribution in [1.82, 2.24) is 9.80 Å². The topological polar surface area (TPSA) is 71.4 Å². The number of morpholine rings is 1. The normalized spacial score (nSPS) is 26.9. The second-order valence-corrected chi connectivity index (χ2v) is 12.0. The summed E-state index contributed by atoms with van der Waals surface area (Å²) in [4.78, 5) is 35.9. The zero-order valence-electron chi connectivity index (χ0n) is 22.4. The largest absolute Gasteiger partial charge is 0.379 e. The molecule has 0 spiro atoms. The van der Waals surface area contributed by atoms with E-state index in [9.17, 15) is 9.59 Å². The Morgan fingerprint density at radius 2 is 1.79 bits per heavy atom. The average molecular weight is 573 g/mol. The van der Waals surface area contributed by atoms with E-state index < -0.39 is 5.41 Å². The van der Waals surface area contributed by atoms with E-state index in [1.54, 1.807) is 0 Å². The molecule has 4 atom stereocenters. The maximum absolute atomic E-state index is 14.7. The van der Waals surface area contributed by atoms with Crippen LogP contribution in [0.5, 0.6) is 0 Å². The molecule has 3 aliphatic rings. The zero-order chi connectivity index (χ0) is 27.6. The summed E-state index contributed by atoms with van der Waals surface area (Å²) in [7, 11) is 0. The van der Waals surface area contributed by atoms with Gasteiger partial charge in [0.05, 0.1) is 36.8 Å². The number of halogens is 2. The molecule has 0 unspecified atom stereocenters. The van der Waals surface area contributed by atoms with Crippen molar-refractivity contribution in [2.24, 2.45) is 10.6 Å². The number of likely N-dealkylation sites (tertiary alicyclic amines) is 1. The van der Waals surface area contributed by atoms with Crippen LogP contribution in [0.2, 0.25) is 10.0 Å². The molecule has 2 aromatic carbocycles. The predicted molar refractivity (Wildman–Crippen MR) is 152 cm³/mol. The molecule has 0 saturated carbocycles. The molecular formula is C30H35Cl2N3O4. The fourth-order valence-electron chi connectivity index (χ4n) is 6.33. The number of rotatable bonds is 8. The third-order valence-electron chi connectivity index (χ3n) is 8.25. The van der Waals surface area contributed by atoms with E-state index in [4.69, 9.17) is 32.8 Å². The van der Waals surface area contributed by atoms with Gasteiger partial charge in [-0.25, -0.2) is 4.79 Å². The molecule has 1 amide bonds. The molecule has 2 fully saturated rings. The first-order valence-corrected chi connectivity index (χ1v) is 14.4. The van der Waals surface area contributed by atoms with Crippen molar-refractivity contribution < 1.29 is 19.2 Å². The molecule has 0 bridgehead atoms. The molecule has 2 aromatic rings. The number of benzene rings is 2. The fourth-order valence-corrected chi connectivity index (χ4v) is 6.66. The Balaban J connectivity index is 1.61. The van der Waals surface area contributed by atoms with Gasteiger partial charge in [0.15, 0.2) is 0 Å². The van der Waals surface area contributed by atoms with Gasteiger partial charge in [0.25, 0.3) is 0 Å². The predicted octanol–water partition coefficient (Wildman–Crippen LogP) is 5.86. The minimum Gasteiger partial charge on any atom is -0.379 e.